The number of hydrogen-bond acceptors (Lipinski definition) is 1. The molecule has 0 unspecified atom stereocenters. The van der Waals surface area contributed by atoms with Crippen molar-refractivity contribution < 1.29 is 4.39 Å². The van der Waals surface area contributed by atoms with Gasteiger partial charge in [-0.05, 0) is 67.2 Å². The lowest BCUT2D eigenvalue weighted by Crippen LogP contribution is -2.22. The Morgan fingerprint density at radius 1 is 1.14 bits per heavy atom. The highest BCUT2D eigenvalue weighted by Gasteiger charge is 2.25. The van der Waals surface area contributed by atoms with Gasteiger partial charge in [0, 0.05) is 46.2 Å². The number of H-pyrrole nitrogens is 2. The van der Waals surface area contributed by atoms with Crippen LogP contribution in [0.25, 0.3) is 39.5 Å². The second-order valence-corrected chi connectivity index (χ2v) is 9.50. The van der Waals surface area contributed by atoms with Crippen LogP contribution in [0.3, 0.4) is 0 Å². The van der Waals surface area contributed by atoms with E-state index in [0.717, 1.165) is 73.9 Å². The fourth-order valence-electron chi connectivity index (χ4n) is 5.37. The zero-order valence-electron chi connectivity index (χ0n) is 20.6. The molecule has 1 saturated heterocycles. The Labute approximate surface area is 205 Å². The van der Waals surface area contributed by atoms with Gasteiger partial charge in [0.15, 0.2) is 0 Å². The monoisotopic (exact) mass is 463 g/mol. The van der Waals surface area contributed by atoms with Crippen LogP contribution in [-0.4, -0.2) is 28.0 Å². The molecular weight excluding hydrogens is 433 g/mol. The van der Waals surface area contributed by atoms with Crippen molar-refractivity contribution in [3.8, 4) is 11.1 Å². The first-order chi connectivity index (χ1) is 16.9. The Kier molecular flexibility index (Phi) is 5.86. The summed E-state index contributed by atoms with van der Waals surface area (Å²) >= 11 is 0. The molecule has 0 radical (unpaired) electrons. The van der Waals surface area contributed by atoms with Gasteiger partial charge in [-0.15, -0.1) is 11.5 Å². The predicted molar refractivity (Wildman–Crippen MR) is 144 cm³/mol. The SMILES string of the molecule is C=C=C(c1c(C)[nH]c(/C=c2\c(=C=C)[nH]c3cccc(-c4cccc(F)c4)c23)c1C)N1CC[C@H](C)C1. The summed E-state index contributed by atoms with van der Waals surface area (Å²) in [6.45, 7) is 16.5. The lowest BCUT2D eigenvalue weighted by atomic mass is 9.99. The quantitative estimate of drug-likeness (QED) is 0.370. The smallest absolute Gasteiger partial charge is 0.123 e. The van der Waals surface area contributed by atoms with Gasteiger partial charge in [-0.25, -0.2) is 4.39 Å². The zero-order valence-corrected chi connectivity index (χ0v) is 20.6. The number of hydrogen-bond donors (Lipinski definition) is 2. The first-order valence-electron chi connectivity index (χ1n) is 12.0. The van der Waals surface area contributed by atoms with Crippen LogP contribution < -0.4 is 10.6 Å². The Hall–Kier alpha value is -3.97. The van der Waals surface area contributed by atoms with Crippen LogP contribution in [0.1, 0.15) is 35.9 Å². The van der Waals surface area contributed by atoms with Crippen LogP contribution in [0.5, 0.6) is 0 Å². The first-order valence-corrected chi connectivity index (χ1v) is 12.0. The lowest BCUT2D eigenvalue weighted by Gasteiger charge is -2.21. The van der Waals surface area contributed by atoms with Crippen molar-refractivity contribution >= 4 is 28.4 Å². The predicted octanol–water partition coefficient (Wildman–Crippen LogP) is 5.78. The summed E-state index contributed by atoms with van der Waals surface area (Å²) in [7, 11) is 0. The third-order valence-corrected chi connectivity index (χ3v) is 7.08. The molecule has 1 fully saturated rings. The summed E-state index contributed by atoms with van der Waals surface area (Å²) in [6, 6.07) is 12.8. The maximum Gasteiger partial charge on any atom is 0.123 e. The van der Waals surface area contributed by atoms with E-state index in [9.17, 15) is 4.39 Å². The fraction of sp³-hybridized carbons (Fsp3) is 0.226. The number of rotatable bonds is 4. The minimum atomic E-state index is -0.253. The normalized spacial score (nSPS) is 16.1. The average Bonchev–Trinajstić information content (AvgIpc) is 3.51. The van der Waals surface area contributed by atoms with E-state index in [1.165, 1.54) is 12.5 Å². The van der Waals surface area contributed by atoms with Crippen molar-refractivity contribution in [3.63, 3.8) is 0 Å². The molecule has 3 heterocycles. The van der Waals surface area contributed by atoms with Crippen molar-refractivity contribution in [2.24, 2.45) is 5.92 Å². The number of aryl methyl sites for hydroxylation is 1. The highest BCUT2D eigenvalue weighted by atomic mass is 19.1. The maximum absolute atomic E-state index is 14.1. The molecule has 2 aromatic carbocycles. The number of likely N-dealkylation sites (tertiary alicyclic amines) is 1. The minimum Gasteiger partial charge on any atom is -0.364 e. The van der Waals surface area contributed by atoms with Gasteiger partial charge in [-0.1, -0.05) is 44.3 Å². The standard InChI is InChI=1S/C31H30FN3/c1-6-26-25(31-24(12-9-13-27(31)34-26)22-10-8-11-23(32)16-22)17-28-20(4)30(21(5)33-28)29(7-2)35-15-14-19(3)18-35/h8-13,16-17,19,33-34H,1-2,14-15,18H2,3-5H3/b25-17+/t19-/m0/s1. The molecule has 1 aliphatic heterocycles. The fourth-order valence-corrected chi connectivity index (χ4v) is 5.37. The topological polar surface area (TPSA) is 34.8 Å². The summed E-state index contributed by atoms with van der Waals surface area (Å²) in [5.74, 6) is 0.415. The molecule has 4 heteroatoms. The zero-order chi connectivity index (χ0) is 24.7. The number of nitrogens with one attached hydrogen (secondary N) is 2. The summed E-state index contributed by atoms with van der Waals surface area (Å²) < 4.78 is 14.1. The molecule has 1 atom stereocenters. The molecule has 1 aliphatic rings. The van der Waals surface area contributed by atoms with Crippen molar-refractivity contribution in [2.75, 3.05) is 13.1 Å². The highest BCUT2D eigenvalue weighted by molar-refractivity contribution is 5.96. The van der Waals surface area contributed by atoms with E-state index in [4.69, 9.17) is 0 Å². The van der Waals surface area contributed by atoms with Gasteiger partial charge >= 0.3 is 0 Å². The van der Waals surface area contributed by atoms with E-state index in [2.05, 4.69) is 66.3 Å². The van der Waals surface area contributed by atoms with Crippen LogP contribution >= 0.6 is 0 Å². The lowest BCUT2D eigenvalue weighted by molar-refractivity contribution is 0.471. The molecule has 0 amide bonds. The van der Waals surface area contributed by atoms with Gasteiger partial charge in [0.25, 0.3) is 0 Å². The van der Waals surface area contributed by atoms with E-state index in [1.807, 2.05) is 24.3 Å². The van der Waals surface area contributed by atoms with Gasteiger partial charge in [0.1, 0.15) is 5.82 Å². The van der Waals surface area contributed by atoms with E-state index in [-0.39, 0.29) is 5.82 Å². The molecular formula is C31H30FN3. The van der Waals surface area contributed by atoms with Crippen molar-refractivity contribution in [3.05, 3.63) is 100 Å². The molecule has 35 heavy (non-hydrogen) atoms. The minimum absolute atomic E-state index is 0.253. The number of aromatic amines is 2. The maximum atomic E-state index is 14.1. The van der Waals surface area contributed by atoms with Crippen LogP contribution in [0.2, 0.25) is 0 Å². The van der Waals surface area contributed by atoms with E-state index >= 15 is 0 Å². The van der Waals surface area contributed by atoms with Crippen LogP contribution in [0, 0.1) is 25.6 Å². The van der Waals surface area contributed by atoms with Crippen molar-refractivity contribution in [1.82, 2.24) is 14.9 Å². The number of benzene rings is 2. The van der Waals surface area contributed by atoms with Crippen LogP contribution in [0.4, 0.5) is 4.39 Å². The Morgan fingerprint density at radius 2 is 1.94 bits per heavy atom. The second kappa shape index (κ2) is 9.00. The molecule has 2 N–H and O–H groups in total. The van der Waals surface area contributed by atoms with Gasteiger partial charge < -0.3 is 14.9 Å². The molecule has 5 rings (SSSR count). The van der Waals surface area contributed by atoms with Crippen LogP contribution in [0.15, 0.2) is 61.4 Å². The molecule has 176 valence electrons. The first kappa shape index (κ1) is 22.8. The molecule has 4 aromatic rings. The third-order valence-electron chi connectivity index (χ3n) is 7.08. The average molecular weight is 464 g/mol. The van der Waals surface area contributed by atoms with Crippen molar-refractivity contribution in [2.45, 2.75) is 27.2 Å². The number of aromatic nitrogens is 2. The van der Waals surface area contributed by atoms with Gasteiger partial charge in [-0.3, -0.25) is 0 Å². The Morgan fingerprint density at radius 3 is 2.63 bits per heavy atom. The summed E-state index contributed by atoms with van der Waals surface area (Å²) in [4.78, 5) is 9.42. The molecule has 0 bridgehead atoms. The number of nitrogens with zero attached hydrogens (tertiary/aromatic N) is 1. The van der Waals surface area contributed by atoms with Crippen LogP contribution in [-0.2, 0) is 0 Å². The van der Waals surface area contributed by atoms with Gasteiger partial charge in [0.2, 0.25) is 0 Å². The van der Waals surface area contributed by atoms with E-state index in [0.29, 0.717) is 5.92 Å². The summed E-state index contributed by atoms with van der Waals surface area (Å²) in [5, 5.41) is 2.81. The molecule has 3 nitrogen and oxygen atoms in total. The molecule has 0 aliphatic carbocycles. The molecule has 2 aromatic heterocycles. The van der Waals surface area contributed by atoms with E-state index in [1.54, 1.807) is 12.1 Å². The summed E-state index contributed by atoms with van der Waals surface area (Å²) in [6.07, 6.45) is 3.33. The Bertz CT molecular complexity index is 1640. The third kappa shape index (κ3) is 3.98. The molecule has 0 spiro atoms. The largest absolute Gasteiger partial charge is 0.364 e. The van der Waals surface area contributed by atoms with Gasteiger partial charge in [-0.2, -0.15) is 0 Å². The second-order valence-electron chi connectivity index (χ2n) is 9.50. The highest BCUT2D eigenvalue weighted by Crippen LogP contribution is 2.32. The van der Waals surface area contributed by atoms with Gasteiger partial charge in [0.05, 0.1) is 11.0 Å². The summed E-state index contributed by atoms with van der Waals surface area (Å²) in [5.41, 5.74) is 14.5. The molecule has 0 saturated carbocycles. The Balaban J connectivity index is 1.74. The van der Waals surface area contributed by atoms with E-state index < -0.39 is 0 Å². The number of halogens is 1. The van der Waals surface area contributed by atoms with Crippen molar-refractivity contribution in [1.29, 1.82) is 0 Å². The number of fused-ring (bicyclic) bond motifs is 1.